The van der Waals surface area contributed by atoms with E-state index in [0.717, 1.165) is 22.2 Å². The Kier molecular flexibility index (Phi) is 6.14. The molecule has 1 amide bonds. The van der Waals surface area contributed by atoms with Crippen LogP contribution in [0.1, 0.15) is 29.9 Å². The maximum Gasteiger partial charge on any atom is 0.272 e. The second kappa shape index (κ2) is 8.74. The van der Waals surface area contributed by atoms with Crippen LogP contribution in [0.25, 0.3) is 10.9 Å². The first-order valence-corrected chi connectivity index (χ1v) is 9.61. The Morgan fingerprint density at radius 2 is 1.71 bits per heavy atom. The van der Waals surface area contributed by atoms with E-state index in [0.29, 0.717) is 31.1 Å². The number of anilines is 1. The summed E-state index contributed by atoms with van der Waals surface area (Å²) in [5, 5.41) is 0.901. The van der Waals surface area contributed by atoms with E-state index in [2.05, 4.69) is 4.98 Å². The van der Waals surface area contributed by atoms with Gasteiger partial charge in [0, 0.05) is 44.3 Å². The van der Waals surface area contributed by atoms with Gasteiger partial charge in [-0.15, -0.1) is 0 Å². The van der Waals surface area contributed by atoms with Crippen molar-refractivity contribution in [2.75, 3.05) is 32.1 Å². The van der Waals surface area contributed by atoms with Crippen LogP contribution in [0.15, 0.2) is 54.6 Å². The summed E-state index contributed by atoms with van der Waals surface area (Å²) in [6.45, 7) is 5.67. The highest BCUT2D eigenvalue weighted by Gasteiger charge is 2.18. The Morgan fingerprint density at radius 3 is 2.36 bits per heavy atom. The van der Waals surface area contributed by atoms with E-state index in [4.69, 9.17) is 4.74 Å². The number of amides is 1. The lowest BCUT2D eigenvalue weighted by atomic mass is 10.1. The van der Waals surface area contributed by atoms with Crippen LogP contribution in [-0.4, -0.2) is 43.0 Å². The molecule has 1 heterocycles. The fourth-order valence-corrected chi connectivity index (χ4v) is 3.10. The van der Waals surface area contributed by atoms with Gasteiger partial charge in [-0.05, 0) is 37.6 Å². The smallest absolute Gasteiger partial charge is 0.272 e. The summed E-state index contributed by atoms with van der Waals surface area (Å²) in [7, 11) is 3.99. The van der Waals surface area contributed by atoms with E-state index < -0.39 is 0 Å². The van der Waals surface area contributed by atoms with Crippen LogP contribution >= 0.6 is 0 Å². The van der Waals surface area contributed by atoms with E-state index >= 15 is 0 Å². The second-order valence-electron chi connectivity index (χ2n) is 6.85. The molecule has 1 aromatic heterocycles. The minimum absolute atomic E-state index is 0.0758. The van der Waals surface area contributed by atoms with E-state index in [9.17, 15) is 4.79 Å². The number of fused-ring (bicyclic) bond motifs is 1. The molecule has 0 atom stereocenters. The SMILES string of the molecule is CCN(CC)C(=O)c1cc(OCc2ccccc2)c2cc(N(C)C)ccc2n1. The zero-order chi connectivity index (χ0) is 20.1. The Morgan fingerprint density at radius 1 is 1.00 bits per heavy atom. The van der Waals surface area contributed by atoms with Gasteiger partial charge in [-0.25, -0.2) is 4.98 Å². The predicted octanol–water partition coefficient (Wildman–Crippen LogP) is 4.36. The molecule has 5 nitrogen and oxygen atoms in total. The van der Waals surface area contributed by atoms with Crippen molar-refractivity contribution < 1.29 is 9.53 Å². The minimum atomic E-state index is -0.0758. The number of hydrogen-bond donors (Lipinski definition) is 0. The Hall–Kier alpha value is -3.08. The van der Waals surface area contributed by atoms with Crippen molar-refractivity contribution in [1.29, 1.82) is 0 Å². The summed E-state index contributed by atoms with van der Waals surface area (Å²) in [5.41, 5.74) is 3.30. The summed E-state index contributed by atoms with van der Waals surface area (Å²) in [6, 6.07) is 17.8. The first kappa shape index (κ1) is 19.7. The molecule has 5 heteroatoms. The van der Waals surface area contributed by atoms with Gasteiger partial charge in [0.25, 0.3) is 5.91 Å². The van der Waals surface area contributed by atoms with Crippen LogP contribution in [0.3, 0.4) is 0 Å². The average molecular weight is 377 g/mol. The molecule has 2 aromatic carbocycles. The van der Waals surface area contributed by atoms with E-state index in [1.54, 1.807) is 11.0 Å². The monoisotopic (exact) mass is 377 g/mol. The van der Waals surface area contributed by atoms with Crippen molar-refractivity contribution in [3.05, 3.63) is 65.9 Å². The molecule has 0 aliphatic heterocycles. The molecule has 0 aliphatic carbocycles. The topological polar surface area (TPSA) is 45.7 Å². The maximum atomic E-state index is 12.9. The van der Waals surface area contributed by atoms with Gasteiger partial charge in [-0.2, -0.15) is 0 Å². The third-order valence-electron chi connectivity index (χ3n) is 4.78. The molecule has 28 heavy (non-hydrogen) atoms. The third-order valence-corrected chi connectivity index (χ3v) is 4.78. The summed E-state index contributed by atoms with van der Waals surface area (Å²) in [4.78, 5) is 21.3. The van der Waals surface area contributed by atoms with Gasteiger partial charge in [0.05, 0.1) is 5.52 Å². The van der Waals surface area contributed by atoms with Gasteiger partial charge in [0.2, 0.25) is 0 Å². The average Bonchev–Trinajstić information content (AvgIpc) is 2.72. The number of nitrogens with zero attached hydrogens (tertiary/aromatic N) is 3. The molecule has 3 rings (SSSR count). The highest BCUT2D eigenvalue weighted by Crippen LogP contribution is 2.30. The lowest BCUT2D eigenvalue weighted by Crippen LogP contribution is -2.31. The van der Waals surface area contributed by atoms with Crippen molar-refractivity contribution in [3.8, 4) is 5.75 Å². The van der Waals surface area contributed by atoms with Crippen molar-refractivity contribution in [2.45, 2.75) is 20.5 Å². The van der Waals surface area contributed by atoms with Gasteiger partial charge < -0.3 is 14.5 Å². The Bertz CT molecular complexity index is 951. The fraction of sp³-hybridized carbons (Fsp3) is 0.304. The van der Waals surface area contributed by atoms with Gasteiger partial charge >= 0.3 is 0 Å². The number of benzene rings is 2. The number of carbonyl (C=O) groups excluding carboxylic acids is 1. The van der Waals surface area contributed by atoms with Gasteiger partial charge in [0.15, 0.2) is 0 Å². The molecule has 0 saturated carbocycles. The summed E-state index contributed by atoms with van der Waals surface area (Å²) in [5.74, 6) is 0.598. The molecular formula is C23H27N3O2. The molecule has 3 aromatic rings. The quantitative estimate of drug-likeness (QED) is 0.614. The van der Waals surface area contributed by atoms with Crippen LogP contribution in [0.5, 0.6) is 5.75 Å². The van der Waals surface area contributed by atoms with E-state index in [1.165, 1.54) is 0 Å². The summed E-state index contributed by atoms with van der Waals surface area (Å²) >= 11 is 0. The number of pyridine rings is 1. The first-order chi connectivity index (χ1) is 13.5. The number of rotatable bonds is 7. The molecule has 0 N–H and O–H groups in total. The van der Waals surface area contributed by atoms with Crippen molar-refractivity contribution in [2.24, 2.45) is 0 Å². The van der Waals surface area contributed by atoms with Crippen LogP contribution in [0.2, 0.25) is 0 Å². The van der Waals surface area contributed by atoms with E-state index in [1.807, 2.05) is 81.4 Å². The Labute approximate surface area is 166 Å². The van der Waals surface area contributed by atoms with Crippen LogP contribution in [0.4, 0.5) is 5.69 Å². The second-order valence-corrected chi connectivity index (χ2v) is 6.85. The largest absolute Gasteiger partial charge is 0.488 e. The van der Waals surface area contributed by atoms with Gasteiger partial charge in [0.1, 0.15) is 18.1 Å². The molecule has 0 radical (unpaired) electrons. The van der Waals surface area contributed by atoms with Crippen LogP contribution in [-0.2, 0) is 6.61 Å². The molecule has 146 valence electrons. The zero-order valence-corrected chi connectivity index (χ0v) is 17.0. The molecule has 0 spiro atoms. The maximum absolute atomic E-state index is 12.9. The number of hydrogen-bond acceptors (Lipinski definition) is 4. The Balaban J connectivity index is 2.04. The highest BCUT2D eigenvalue weighted by atomic mass is 16.5. The lowest BCUT2D eigenvalue weighted by Gasteiger charge is -2.20. The molecule has 0 saturated heterocycles. The van der Waals surface area contributed by atoms with Crippen molar-refractivity contribution in [3.63, 3.8) is 0 Å². The molecular weight excluding hydrogens is 350 g/mol. The minimum Gasteiger partial charge on any atom is -0.488 e. The number of aromatic nitrogens is 1. The summed E-state index contributed by atoms with van der Waals surface area (Å²) < 4.78 is 6.15. The number of carbonyl (C=O) groups is 1. The third kappa shape index (κ3) is 4.25. The standard InChI is InChI=1S/C23H27N3O2/c1-5-26(6-2)23(27)21-15-22(28-16-17-10-8-7-9-11-17)19-14-18(25(3)4)12-13-20(19)24-21/h7-15H,5-6,16H2,1-4H3. The molecule has 0 unspecified atom stereocenters. The summed E-state index contributed by atoms with van der Waals surface area (Å²) in [6.07, 6.45) is 0. The van der Waals surface area contributed by atoms with E-state index in [-0.39, 0.29) is 5.91 Å². The highest BCUT2D eigenvalue weighted by molar-refractivity contribution is 5.97. The van der Waals surface area contributed by atoms with Crippen molar-refractivity contribution >= 4 is 22.5 Å². The molecule has 0 fully saturated rings. The fourth-order valence-electron chi connectivity index (χ4n) is 3.10. The van der Waals surface area contributed by atoms with Crippen molar-refractivity contribution in [1.82, 2.24) is 9.88 Å². The van der Waals surface area contributed by atoms with Crippen LogP contribution < -0.4 is 9.64 Å². The number of ether oxygens (including phenoxy) is 1. The normalized spacial score (nSPS) is 10.7. The zero-order valence-electron chi connectivity index (χ0n) is 17.0. The molecule has 0 bridgehead atoms. The lowest BCUT2D eigenvalue weighted by molar-refractivity contribution is 0.0767. The van der Waals surface area contributed by atoms with Gasteiger partial charge in [-0.1, -0.05) is 30.3 Å². The van der Waals surface area contributed by atoms with Crippen LogP contribution in [0, 0.1) is 0 Å². The first-order valence-electron chi connectivity index (χ1n) is 9.61. The van der Waals surface area contributed by atoms with Gasteiger partial charge in [-0.3, -0.25) is 4.79 Å². The molecule has 0 aliphatic rings. The predicted molar refractivity (Wildman–Crippen MR) is 114 cm³/mol.